The molecule has 1 heterocycles. The van der Waals surface area contributed by atoms with E-state index in [9.17, 15) is 9.18 Å². The minimum absolute atomic E-state index is 0.221. The van der Waals surface area contributed by atoms with Crippen LogP contribution in [0.4, 0.5) is 10.1 Å². The number of anilines is 1. The third-order valence-electron chi connectivity index (χ3n) is 2.32. The van der Waals surface area contributed by atoms with Crippen molar-refractivity contribution >= 4 is 5.69 Å². The number of rotatable bonds is 2. The van der Waals surface area contributed by atoms with Crippen LogP contribution < -0.4 is 11.3 Å². The molecule has 2 rings (SSSR count). The van der Waals surface area contributed by atoms with Gasteiger partial charge in [0, 0.05) is 17.4 Å². The first-order valence-electron chi connectivity index (χ1n) is 4.97. The fraction of sp³-hybridized carbons (Fsp3) is 0.182. The molecular weight excluding hydrogens is 209 g/mol. The van der Waals surface area contributed by atoms with E-state index in [4.69, 9.17) is 5.73 Å². The predicted molar refractivity (Wildman–Crippen MR) is 60.1 cm³/mol. The average molecular weight is 221 g/mol. The smallest absolute Gasteiger partial charge is 0.271 e. The van der Waals surface area contributed by atoms with Crippen molar-refractivity contribution in [1.82, 2.24) is 9.78 Å². The Labute approximate surface area is 91.5 Å². The van der Waals surface area contributed by atoms with E-state index in [0.717, 1.165) is 5.69 Å². The van der Waals surface area contributed by atoms with Gasteiger partial charge in [0.15, 0.2) is 0 Å². The summed E-state index contributed by atoms with van der Waals surface area (Å²) in [6.45, 7) is 1.93. The summed E-state index contributed by atoms with van der Waals surface area (Å²) in [5.74, 6) is -0.463. The molecule has 0 spiro atoms. The first-order valence-corrected chi connectivity index (χ1v) is 4.97. The fourth-order valence-corrected chi connectivity index (χ4v) is 1.54. The second kappa shape index (κ2) is 3.84. The molecule has 0 radical (unpaired) electrons. The maximum Gasteiger partial charge on any atom is 0.271 e. The lowest BCUT2D eigenvalue weighted by molar-refractivity contribution is 0.625. The number of halogens is 1. The minimum Gasteiger partial charge on any atom is -0.399 e. The lowest BCUT2D eigenvalue weighted by Crippen LogP contribution is -2.13. The van der Waals surface area contributed by atoms with Crippen LogP contribution in [0.15, 0.2) is 29.1 Å². The molecule has 0 unspecified atom stereocenters. The number of aromatic amines is 1. The zero-order valence-corrected chi connectivity index (χ0v) is 8.83. The number of benzene rings is 1. The number of aromatic nitrogens is 2. The molecule has 0 bridgehead atoms. The largest absolute Gasteiger partial charge is 0.399 e. The summed E-state index contributed by atoms with van der Waals surface area (Å²) < 4.78 is 14.4. The van der Waals surface area contributed by atoms with E-state index in [1.807, 2.05) is 6.92 Å². The van der Waals surface area contributed by atoms with Gasteiger partial charge in [-0.25, -0.2) is 9.07 Å². The van der Waals surface area contributed by atoms with Crippen LogP contribution in [0.25, 0.3) is 5.69 Å². The quantitative estimate of drug-likeness (QED) is 0.754. The van der Waals surface area contributed by atoms with Crippen molar-refractivity contribution in [1.29, 1.82) is 0 Å². The lowest BCUT2D eigenvalue weighted by atomic mass is 10.3. The Morgan fingerprint density at radius 2 is 2.12 bits per heavy atom. The molecule has 0 amide bonds. The molecule has 3 N–H and O–H groups in total. The van der Waals surface area contributed by atoms with Gasteiger partial charge < -0.3 is 5.73 Å². The van der Waals surface area contributed by atoms with E-state index >= 15 is 0 Å². The summed E-state index contributed by atoms with van der Waals surface area (Å²) in [6.07, 6.45) is 0.715. The molecule has 0 saturated carbocycles. The van der Waals surface area contributed by atoms with Crippen LogP contribution in [-0.4, -0.2) is 9.78 Å². The summed E-state index contributed by atoms with van der Waals surface area (Å²) in [6, 6.07) is 5.49. The summed E-state index contributed by atoms with van der Waals surface area (Å²) >= 11 is 0. The molecular formula is C11H12FN3O. The molecule has 84 valence electrons. The maximum atomic E-state index is 13.1. The summed E-state index contributed by atoms with van der Waals surface area (Å²) in [4.78, 5) is 11.6. The molecule has 4 nitrogen and oxygen atoms in total. The fourth-order valence-electron chi connectivity index (χ4n) is 1.54. The van der Waals surface area contributed by atoms with Gasteiger partial charge in [-0.05, 0) is 24.6 Å². The lowest BCUT2D eigenvalue weighted by Gasteiger charge is -2.03. The molecule has 0 fully saturated rings. The Kier molecular flexibility index (Phi) is 2.52. The monoisotopic (exact) mass is 221 g/mol. The van der Waals surface area contributed by atoms with Crippen LogP contribution in [0, 0.1) is 5.82 Å². The van der Waals surface area contributed by atoms with E-state index in [-0.39, 0.29) is 11.2 Å². The second-order valence-corrected chi connectivity index (χ2v) is 3.55. The summed E-state index contributed by atoms with van der Waals surface area (Å²) in [5, 5.41) is 2.88. The number of nitrogen functional groups attached to an aromatic ring is 1. The Morgan fingerprint density at radius 1 is 1.38 bits per heavy atom. The highest BCUT2D eigenvalue weighted by molar-refractivity contribution is 5.47. The SMILES string of the molecule is CCc1cc(=O)n(-c2cc(N)cc(F)c2)[nH]1. The Balaban J connectivity index is 2.57. The third-order valence-corrected chi connectivity index (χ3v) is 2.32. The highest BCUT2D eigenvalue weighted by Crippen LogP contribution is 2.13. The van der Waals surface area contributed by atoms with Gasteiger partial charge in [0.25, 0.3) is 5.56 Å². The predicted octanol–water partition coefficient (Wildman–Crippen LogP) is 1.45. The highest BCUT2D eigenvalue weighted by atomic mass is 19.1. The van der Waals surface area contributed by atoms with Gasteiger partial charge in [-0.2, -0.15) is 0 Å². The van der Waals surface area contributed by atoms with E-state index in [1.54, 1.807) is 6.07 Å². The Hall–Kier alpha value is -2.04. The Morgan fingerprint density at radius 3 is 2.69 bits per heavy atom. The first-order chi connectivity index (χ1) is 7.60. The highest BCUT2D eigenvalue weighted by Gasteiger charge is 2.06. The van der Waals surface area contributed by atoms with Gasteiger partial charge in [-0.3, -0.25) is 9.89 Å². The molecule has 5 heteroatoms. The van der Waals surface area contributed by atoms with Crippen LogP contribution in [-0.2, 0) is 6.42 Å². The van der Waals surface area contributed by atoms with Crippen LogP contribution in [0.2, 0.25) is 0 Å². The third kappa shape index (κ3) is 1.84. The van der Waals surface area contributed by atoms with Crippen molar-refractivity contribution in [3.05, 3.63) is 46.1 Å². The van der Waals surface area contributed by atoms with Gasteiger partial charge in [-0.1, -0.05) is 6.92 Å². The van der Waals surface area contributed by atoms with Crippen LogP contribution in [0.1, 0.15) is 12.6 Å². The zero-order chi connectivity index (χ0) is 11.7. The number of nitrogens with two attached hydrogens (primary N) is 1. The van der Waals surface area contributed by atoms with Crippen molar-refractivity contribution in [2.45, 2.75) is 13.3 Å². The van der Waals surface area contributed by atoms with E-state index < -0.39 is 5.82 Å². The Bertz CT molecular complexity index is 551. The molecule has 0 aliphatic carbocycles. The summed E-state index contributed by atoms with van der Waals surface area (Å²) in [7, 11) is 0. The summed E-state index contributed by atoms with van der Waals surface area (Å²) in [5.41, 5.74) is 6.79. The average Bonchev–Trinajstić information content (AvgIpc) is 2.58. The van der Waals surface area contributed by atoms with Crippen LogP contribution in [0.5, 0.6) is 0 Å². The standard InChI is InChI=1S/C11H12FN3O/c1-2-9-6-11(16)15(14-9)10-4-7(12)3-8(13)5-10/h3-6,14H,2,13H2,1H3. The normalized spacial score (nSPS) is 10.6. The van der Waals surface area contributed by atoms with Crippen molar-refractivity contribution in [3.8, 4) is 5.69 Å². The second-order valence-electron chi connectivity index (χ2n) is 3.55. The van der Waals surface area contributed by atoms with Gasteiger partial charge in [0.05, 0.1) is 5.69 Å². The molecule has 2 aromatic rings. The molecule has 1 aromatic heterocycles. The van der Waals surface area contributed by atoms with Crippen molar-refractivity contribution in [2.24, 2.45) is 0 Å². The molecule has 1 aromatic carbocycles. The topological polar surface area (TPSA) is 63.8 Å². The van der Waals surface area contributed by atoms with Gasteiger partial charge >= 0.3 is 0 Å². The van der Waals surface area contributed by atoms with Crippen molar-refractivity contribution in [2.75, 3.05) is 5.73 Å². The number of hydrogen-bond donors (Lipinski definition) is 2. The van der Waals surface area contributed by atoms with E-state index in [1.165, 1.54) is 22.9 Å². The number of H-pyrrole nitrogens is 1. The maximum absolute atomic E-state index is 13.1. The van der Waals surface area contributed by atoms with E-state index in [2.05, 4.69) is 5.10 Å². The molecule has 0 aliphatic heterocycles. The molecule has 0 aliphatic rings. The van der Waals surface area contributed by atoms with Gasteiger partial charge in [-0.15, -0.1) is 0 Å². The number of aryl methyl sites for hydroxylation is 1. The first kappa shape index (κ1) is 10.5. The number of nitrogens with zero attached hydrogens (tertiary/aromatic N) is 1. The molecule has 0 saturated heterocycles. The van der Waals surface area contributed by atoms with Crippen molar-refractivity contribution in [3.63, 3.8) is 0 Å². The van der Waals surface area contributed by atoms with E-state index in [0.29, 0.717) is 12.1 Å². The van der Waals surface area contributed by atoms with Gasteiger partial charge in [0.2, 0.25) is 0 Å². The number of hydrogen-bond acceptors (Lipinski definition) is 2. The molecule has 16 heavy (non-hydrogen) atoms. The zero-order valence-electron chi connectivity index (χ0n) is 8.83. The number of nitrogens with one attached hydrogen (secondary N) is 1. The van der Waals surface area contributed by atoms with Gasteiger partial charge in [0.1, 0.15) is 5.82 Å². The van der Waals surface area contributed by atoms with Crippen molar-refractivity contribution < 1.29 is 4.39 Å². The minimum atomic E-state index is -0.463. The van der Waals surface area contributed by atoms with Crippen LogP contribution >= 0.6 is 0 Å². The van der Waals surface area contributed by atoms with Crippen LogP contribution in [0.3, 0.4) is 0 Å². The molecule has 0 atom stereocenters.